The fourth-order valence-corrected chi connectivity index (χ4v) is 25.3. The van der Waals surface area contributed by atoms with Crippen molar-refractivity contribution in [3.63, 3.8) is 0 Å². The molecule has 0 saturated heterocycles. The second-order valence-corrected chi connectivity index (χ2v) is 58.8. The first-order valence-electron chi connectivity index (χ1n) is 35.7. The van der Waals surface area contributed by atoms with Gasteiger partial charge in [-0.15, -0.1) is 0 Å². The van der Waals surface area contributed by atoms with Crippen molar-refractivity contribution in [1.29, 1.82) is 0 Å². The van der Waals surface area contributed by atoms with Crippen LogP contribution in [0.3, 0.4) is 0 Å². The Bertz CT molecular complexity index is 2400. The average Bonchev–Trinajstić information content (AvgIpc) is 1.86. The summed E-state index contributed by atoms with van der Waals surface area (Å²) in [6.07, 6.45) is 60.1. The molecule has 0 fully saturated rings. The molecule has 0 spiro atoms. The number of unbranched alkanes of at least 4 members (excludes halogenated alkanes) is 36. The van der Waals surface area contributed by atoms with Crippen LogP contribution in [0.4, 0.5) is 0 Å². The Hall–Kier alpha value is -1.10. The predicted octanol–water partition coefficient (Wildman–Crippen LogP) is 24.6. The van der Waals surface area contributed by atoms with Crippen LogP contribution >= 0.6 is 23.5 Å². The summed E-state index contributed by atoms with van der Waals surface area (Å²) < 4.78 is 24.7. The van der Waals surface area contributed by atoms with Gasteiger partial charge in [0.05, 0.1) is 0 Å². The molecule has 0 unspecified atom stereocenters. The molecule has 0 bridgehead atoms. The molecule has 2 aromatic heterocycles. The van der Waals surface area contributed by atoms with Crippen LogP contribution in [0.1, 0.15) is 332 Å². The summed E-state index contributed by atoms with van der Waals surface area (Å²) in [7, 11) is 0. The number of hydrogen-bond acceptors (Lipinski definition) is 6. The van der Waals surface area contributed by atoms with E-state index in [1.54, 1.807) is 29.4 Å². The summed E-state index contributed by atoms with van der Waals surface area (Å²) in [5.74, 6) is 0. The Labute approximate surface area is 521 Å². The van der Waals surface area contributed by atoms with E-state index in [0.29, 0.717) is 0 Å². The van der Waals surface area contributed by atoms with E-state index in [9.17, 15) is 0 Å². The summed E-state index contributed by atoms with van der Waals surface area (Å²) in [5.41, 5.74) is 17.5. The van der Waals surface area contributed by atoms with Crippen LogP contribution in [-0.4, -0.2) is 54.2 Å². The molecule has 2 aliphatic carbocycles. The fourth-order valence-electron chi connectivity index (χ4n) is 15.4. The Morgan fingerprint density at radius 1 is 0.280 bits per heavy atom. The van der Waals surface area contributed by atoms with Gasteiger partial charge in [-0.25, -0.2) is 0 Å². The van der Waals surface area contributed by atoms with E-state index < -0.39 is 36.8 Å². The maximum atomic E-state index is 5.45. The molecule has 5 aromatic rings. The third-order valence-electron chi connectivity index (χ3n) is 20.3. The van der Waals surface area contributed by atoms with E-state index in [2.05, 4.69) is 81.6 Å². The van der Waals surface area contributed by atoms with Gasteiger partial charge in [-0.05, 0) is 0 Å². The van der Waals surface area contributed by atoms with Gasteiger partial charge in [-0.3, -0.25) is 0 Å². The van der Waals surface area contributed by atoms with Crippen molar-refractivity contribution in [1.82, 2.24) is 17.5 Å². The fraction of sp³-hybridized carbons (Fsp3) is 0.757. The summed E-state index contributed by atoms with van der Waals surface area (Å²) in [5, 5.41) is 0. The first-order valence-corrected chi connectivity index (χ1v) is 57.1. The molecule has 0 amide bonds. The molecule has 0 saturated carbocycles. The molecule has 458 valence electrons. The predicted molar refractivity (Wildman–Crippen MR) is 373 cm³/mol. The van der Waals surface area contributed by atoms with Gasteiger partial charge in [0.2, 0.25) is 0 Å². The standard InChI is InChI=1S/C68H104N4S2.6CH3.2Sn/c1-5-9-13-17-21-25-29-33-37-41-49-67(50-42-38-34-30-26-22-18-14-10-6-2)57-45-47-61-65(71-73-69-61)63(57)55-54-60-56(53-59(55)67)64-58(46-48-62-66(64)72-74-70-62)68(60,51-43-39-35-31-27-23-19-15-11-7-3)52-44-40-36-32-28-24-20-16-12-8-4;;;;;;;;/h45-46,53-54H,5-44,49-52H2,1-4H3;6*1H3;;. The van der Waals surface area contributed by atoms with Crippen LogP contribution in [0.5, 0.6) is 0 Å². The Balaban J connectivity index is 1.34. The minimum absolute atomic E-state index is 0.0383. The Morgan fingerprint density at radius 2 is 0.500 bits per heavy atom. The molecule has 3 aromatic carbocycles. The van der Waals surface area contributed by atoms with Gasteiger partial charge < -0.3 is 0 Å². The molecular weight excluding hydrogens is 1250 g/mol. The zero-order valence-corrected chi connectivity index (χ0v) is 62.4. The third-order valence-corrected chi connectivity index (χ3v) is 32.7. The van der Waals surface area contributed by atoms with Crippen molar-refractivity contribution in [2.24, 2.45) is 0 Å². The molecule has 0 radical (unpaired) electrons. The normalized spacial score (nSPS) is 14.4. The second-order valence-electron chi connectivity index (χ2n) is 29.0. The van der Waals surface area contributed by atoms with Crippen molar-refractivity contribution in [2.75, 3.05) is 0 Å². The van der Waals surface area contributed by atoms with Crippen molar-refractivity contribution in [3.8, 4) is 22.3 Å². The van der Waals surface area contributed by atoms with Crippen LogP contribution in [0, 0.1) is 0 Å². The van der Waals surface area contributed by atoms with Gasteiger partial charge >= 0.3 is 422 Å². The zero-order chi connectivity index (χ0) is 58.3. The van der Waals surface area contributed by atoms with Gasteiger partial charge in [0.15, 0.2) is 0 Å². The molecule has 7 rings (SSSR count). The summed E-state index contributed by atoms with van der Waals surface area (Å²) in [4.78, 5) is 15.8. The number of hydrogen-bond donors (Lipinski definition) is 0. The van der Waals surface area contributed by atoms with Gasteiger partial charge in [-0.2, -0.15) is 0 Å². The number of rotatable bonds is 46. The number of benzene rings is 3. The molecule has 0 aliphatic heterocycles. The van der Waals surface area contributed by atoms with E-state index >= 15 is 0 Å². The van der Waals surface area contributed by atoms with Crippen LogP contribution in [0.25, 0.3) is 44.3 Å². The topological polar surface area (TPSA) is 51.6 Å². The molecule has 2 aliphatic rings. The molecule has 4 nitrogen and oxygen atoms in total. The summed E-state index contributed by atoms with van der Waals surface area (Å²) >= 11 is -2.45. The molecule has 8 heteroatoms. The number of nitrogens with zero attached hydrogens (tertiary/aromatic N) is 4. The van der Waals surface area contributed by atoms with Crippen molar-refractivity contribution in [3.05, 3.63) is 46.5 Å². The van der Waals surface area contributed by atoms with E-state index in [1.807, 2.05) is 0 Å². The van der Waals surface area contributed by atoms with Gasteiger partial charge in [0, 0.05) is 0 Å². The number of fused-ring (bicyclic) bond motifs is 10. The van der Waals surface area contributed by atoms with E-state index in [1.165, 1.54) is 350 Å². The Kier molecular flexibility index (Phi) is 29.3. The quantitative estimate of drug-likeness (QED) is 0.0288. The van der Waals surface area contributed by atoms with Crippen molar-refractivity contribution in [2.45, 2.75) is 351 Å². The Morgan fingerprint density at radius 3 is 0.732 bits per heavy atom. The third kappa shape index (κ3) is 18.0. The zero-order valence-electron chi connectivity index (χ0n) is 55.0. The van der Waals surface area contributed by atoms with Crippen LogP contribution in [0.2, 0.25) is 29.6 Å². The van der Waals surface area contributed by atoms with Crippen LogP contribution in [0.15, 0.2) is 24.3 Å². The van der Waals surface area contributed by atoms with Crippen molar-refractivity contribution >= 4 is 89.4 Å². The molecule has 0 atom stereocenters. The molecule has 82 heavy (non-hydrogen) atoms. The second kappa shape index (κ2) is 35.2. The minimum atomic E-state index is -2.71. The van der Waals surface area contributed by atoms with E-state index in [0.717, 1.165) is 0 Å². The molecular formula is C74H122N4S2Sn2. The average molecular weight is 1370 g/mol. The van der Waals surface area contributed by atoms with Crippen LogP contribution in [-0.2, 0) is 10.8 Å². The van der Waals surface area contributed by atoms with E-state index in [-0.39, 0.29) is 10.8 Å². The SMILES string of the molecule is CCCCCCCCCCCCC1(CCCCCCCCCCCC)c2cc3c(cc2-c2c1c[c]([Sn]([CH3])([CH3])[CH3])c1nsnc21)C(CCCCCCCCCCCC)(CCCCCCCCCCCC)c1c[c]([Sn]([CH3])([CH3])[CH3])c2nsnc2c1-3. The molecule has 0 N–H and O–H groups in total. The van der Waals surface area contributed by atoms with Crippen LogP contribution < -0.4 is 7.16 Å². The summed E-state index contributed by atoms with van der Waals surface area (Å²) in [6.45, 7) is 9.37. The van der Waals surface area contributed by atoms with E-state index in [4.69, 9.17) is 17.5 Å². The van der Waals surface area contributed by atoms with Gasteiger partial charge in [0.25, 0.3) is 0 Å². The maximum absolute atomic E-state index is 5.45. The van der Waals surface area contributed by atoms with Crippen molar-refractivity contribution < 1.29 is 0 Å². The number of aromatic nitrogens is 4. The first kappa shape index (κ1) is 68.4. The van der Waals surface area contributed by atoms with Gasteiger partial charge in [0.1, 0.15) is 0 Å². The monoisotopic (exact) mass is 1370 g/mol. The summed E-state index contributed by atoms with van der Waals surface area (Å²) in [6, 6.07) is 11.4. The molecule has 2 heterocycles. The first-order chi connectivity index (χ1) is 39.9. The van der Waals surface area contributed by atoms with Gasteiger partial charge in [-0.1, -0.05) is 105 Å².